The molecule has 2 amide bonds. The molecular weight excluding hydrogens is 234 g/mol. The summed E-state index contributed by atoms with van der Waals surface area (Å²) in [6.07, 6.45) is 0. The number of amides is 2. The van der Waals surface area contributed by atoms with E-state index in [1.165, 1.54) is 12.1 Å². The zero-order valence-electron chi connectivity index (χ0n) is 7.97. The van der Waals surface area contributed by atoms with E-state index >= 15 is 0 Å². The second-order valence-electron chi connectivity index (χ2n) is 3.08. The minimum absolute atomic E-state index is 0.259. The quantitative estimate of drug-likeness (QED) is 0.583. The molecule has 0 spiro atoms. The van der Waals surface area contributed by atoms with Crippen LogP contribution in [0.1, 0.15) is 20.7 Å². The fourth-order valence-electron chi connectivity index (χ4n) is 1.40. The van der Waals surface area contributed by atoms with Crippen LogP contribution in [0.3, 0.4) is 0 Å². The van der Waals surface area contributed by atoms with Gasteiger partial charge >= 0.3 is 0 Å². The van der Waals surface area contributed by atoms with Crippen molar-refractivity contribution in [3.63, 3.8) is 0 Å². The summed E-state index contributed by atoms with van der Waals surface area (Å²) in [5.41, 5.74) is 0.518. The van der Waals surface area contributed by atoms with Gasteiger partial charge < -0.3 is 0 Å². The molecule has 1 aliphatic rings. The smallest absolute Gasteiger partial charge is 0.279 e. The lowest BCUT2D eigenvalue weighted by Gasteiger charge is -2.10. The molecule has 5 nitrogen and oxygen atoms in total. The third-order valence-electron chi connectivity index (χ3n) is 2.06. The molecule has 1 heterocycles. The summed E-state index contributed by atoms with van der Waals surface area (Å²) in [6, 6.07) is 6.31. The Balaban J connectivity index is 2.25. The Morgan fingerprint density at radius 2 is 1.69 bits per heavy atom. The van der Waals surface area contributed by atoms with Gasteiger partial charge in [-0.1, -0.05) is 12.1 Å². The molecule has 0 radical (unpaired) electrons. The second-order valence-corrected chi connectivity index (χ2v) is 3.50. The number of benzene rings is 1. The Hall–Kier alpha value is -1.72. The van der Waals surface area contributed by atoms with E-state index in [-0.39, 0.29) is 11.1 Å². The van der Waals surface area contributed by atoms with Gasteiger partial charge in [0.1, 0.15) is 6.61 Å². The summed E-state index contributed by atoms with van der Waals surface area (Å²) in [4.78, 5) is 38.5. The molecule has 0 bridgehead atoms. The van der Waals surface area contributed by atoms with Crippen molar-refractivity contribution in [2.24, 2.45) is 0 Å². The first-order chi connectivity index (χ1) is 7.61. The van der Waals surface area contributed by atoms with Gasteiger partial charge in [0.05, 0.1) is 11.1 Å². The third kappa shape index (κ3) is 1.70. The van der Waals surface area contributed by atoms with Crippen LogP contribution in [0.5, 0.6) is 0 Å². The number of carbonyl (C=O) groups is 3. The van der Waals surface area contributed by atoms with Crippen LogP contribution in [-0.4, -0.2) is 28.7 Å². The molecule has 82 valence electrons. The second kappa shape index (κ2) is 4.03. The molecule has 0 saturated carbocycles. The van der Waals surface area contributed by atoms with E-state index < -0.39 is 23.7 Å². The van der Waals surface area contributed by atoms with E-state index in [4.69, 9.17) is 16.4 Å². The summed E-state index contributed by atoms with van der Waals surface area (Å²) < 4.78 is 0. The van der Waals surface area contributed by atoms with Crippen molar-refractivity contribution in [2.75, 3.05) is 6.61 Å². The van der Waals surface area contributed by atoms with Crippen molar-refractivity contribution in [1.82, 2.24) is 5.06 Å². The highest BCUT2D eigenvalue weighted by Crippen LogP contribution is 2.22. The van der Waals surface area contributed by atoms with Gasteiger partial charge in [0.2, 0.25) is 5.24 Å². The van der Waals surface area contributed by atoms with Gasteiger partial charge in [0.15, 0.2) is 0 Å². The first kappa shape index (κ1) is 10.8. The molecule has 0 unspecified atom stereocenters. The molecule has 0 atom stereocenters. The van der Waals surface area contributed by atoms with Crippen LogP contribution in [0, 0.1) is 0 Å². The van der Waals surface area contributed by atoms with Crippen molar-refractivity contribution in [3.8, 4) is 0 Å². The average molecular weight is 240 g/mol. The number of rotatable bonds is 3. The lowest BCUT2D eigenvalue weighted by molar-refractivity contribution is -0.130. The van der Waals surface area contributed by atoms with Crippen molar-refractivity contribution < 1.29 is 19.2 Å². The lowest BCUT2D eigenvalue weighted by Crippen LogP contribution is -2.31. The van der Waals surface area contributed by atoms with Gasteiger partial charge in [-0.3, -0.25) is 19.2 Å². The maximum Gasteiger partial charge on any atom is 0.285 e. The number of hydroxylamine groups is 2. The van der Waals surface area contributed by atoms with Crippen molar-refractivity contribution in [3.05, 3.63) is 35.4 Å². The van der Waals surface area contributed by atoms with Crippen LogP contribution < -0.4 is 0 Å². The van der Waals surface area contributed by atoms with E-state index in [1.807, 2.05) is 0 Å². The van der Waals surface area contributed by atoms with E-state index in [9.17, 15) is 14.4 Å². The fourth-order valence-corrected chi connectivity index (χ4v) is 1.45. The number of carbonyl (C=O) groups excluding carboxylic acids is 3. The number of hydrogen-bond donors (Lipinski definition) is 0. The Labute approximate surface area is 95.5 Å². The summed E-state index contributed by atoms with van der Waals surface area (Å²) in [5.74, 6) is -1.17. The van der Waals surface area contributed by atoms with Crippen LogP contribution >= 0.6 is 11.6 Å². The van der Waals surface area contributed by atoms with E-state index in [0.717, 1.165) is 0 Å². The SMILES string of the molecule is O=C(Cl)CON1C(=O)c2ccccc2C1=O. The summed E-state index contributed by atoms with van der Waals surface area (Å²) in [6.45, 7) is -0.521. The van der Waals surface area contributed by atoms with Gasteiger partial charge in [0.25, 0.3) is 11.8 Å². The zero-order chi connectivity index (χ0) is 11.7. The predicted molar refractivity (Wildman–Crippen MR) is 53.8 cm³/mol. The summed E-state index contributed by atoms with van der Waals surface area (Å²) in [5, 5.41) is -0.234. The number of hydrogen-bond acceptors (Lipinski definition) is 4. The van der Waals surface area contributed by atoms with Crippen molar-refractivity contribution in [2.45, 2.75) is 0 Å². The minimum atomic E-state index is -0.781. The fraction of sp³-hybridized carbons (Fsp3) is 0.100. The van der Waals surface area contributed by atoms with Crippen LogP contribution in [-0.2, 0) is 9.63 Å². The number of nitrogens with zero attached hydrogens (tertiary/aromatic N) is 1. The monoisotopic (exact) mass is 239 g/mol. The standard InChI is InChI=1S/C10H6ClNO4/c11-8(13)5-16-12-9(14)6-3-1-2-4-7(6)10(12)15/h1-4H,5H2. The highest BCUT2D eigenvalue weighted by atomic mass is 35.5. The normalized spacial score (nSPS) is 14.2. The van der Waals surface area contributed by atoms with Gasteiger partial charge in [-0.25, -0.2) is 0 Å². The third-order valence-corrected chi connectivity index (χ3v) is 2.17. The van der Waals surface area contributed by atoms with E-state index in [1.54, 1.807) is 12.1 Å². The van der Waals surface area contributed by atoms with Gasteiger partial charge in [-0.05, 0) is 23.7 Å². The van der Waals surface area contributed by atoms with Crippen LogP contribution in [0.2, 0.25) is 0 Å². The highest BCUT2D eigenvalue weighted by molar-refractivity contribution is 6.63. The largest absolute Gasteiger partial charge is 0.285 e. The molecule has 0 aliphatic carbocycles. The zero-order valence-corrected chi connectivity index (χ0v) is 8.73. The maximum absolute atomic E-state index is 11.6. The summed E-state index contributed by atoms with van der Waals surface area (Å²) in [7, 11) is 0. The van der Waals surface area contributed by atoms with Crippen LogP contribution in [0.4, 0.5) is 0 Å². The predicted octanol–water partition coefficient (Wildman–Crippen LogP) is 0.980. The number of fused-ring (bicyclic) bond motifs is 1. The first-order valence-electron chi connectivity index (χ1n) is 4.40. The Morgan fingerprint density at radius 3 is 2.12 bits per heavy atom. The molecule has 16 heavy (non-hydrogen) atoms. The maximum atomic E-state index is 11.6. The topological polar surface area (TPSA) is 63.7 Å². The Kier molecular flexibility index (Phi) is 2.72. The van der Waals surface area contributed by atoms with Crippen molar-refractivity contribution in [1.29, 1.82) is 0 Å². The number of halogens is 1. The molecule has 1 aliphatic heterocycles. The lowest BCUT2D eigenvalue weighted by atomic mass is 10.1. The van der Waals surface area contributed by atoms with E-state index in [2.05, 4.69) is 0 Å². The average Bonchev–Trinajstić information content (AvgIpc) is 2.50. The molecule has 0 saturated heterocycles. The highest BCUT2D eigenvalue weighted by Gasteiger charge is 2.36. The van der Waals surface area contributed by atoms with Gasteiger partial charge in [-0.2, -0.15) is 0 Å². The summed E-state index contributed by atoms with van der Waals surface area (Å²) >= 11 is 5.05. The number of imide groups is 1. The molecule has 1 aromatic rings. The minimum Gasteiger partial charge on any atom is -0.279 e. The molecule has 0 fully saturated rings. The van der Waals surface area contributed by atoms with E-state index in [0.29, 0.717) is 5.06 Å². The van der Waals surface area contributed by atoms with Gasteiger partial charge in [-0.15, -0.1) is 5.06 Å². The molecular formula is C10H6ClNO4. The Morgan fingerprint density at radius 1 is 1.19 bits per heavy atom. The van der Waals surface area contributed by atoms with Gasteiger partial charge in [0, 0.05) is 0 Å². The van der Waals surface area contributed by atoms with Crippen LogP contribution in [0.25, 0.3) is 0 Å². The molecule has 2 rings (SSSR count). The van der Waals surface area contributed by atoms with Crippen molar-refractivity contribution >= 4 is 28.7 Å². The molecule has 6 heteroatoms. The molecule has 1 aromatic carbocycles. The van der Waals surface area contributed by atoms with Crippen LogP contribution in [0.15, 0.2) is 24.3 Å². The first-order valence-corrected chi connectivity index (χ1v) is 4.78. The Bertz CT molecular complexity index is 450. The molecule has 0 aromatic heterocycles. The molecule has 0 N–H and O–H groups in total.